The zero-order valence-electron chi connectivity index (χ0n) is 10.6. The molecule has 2 heterocycles. The van der Waals surface area contributed by atoms with Gasteiger partial charge in [-0.2, -0.15) is 14.0 Å². The van der Waals surface area contributed by atoms with Crippen molar-refractivity contribution in [3.8, 4) is 0 Å². The third-order valence-corrected chi connectivity index (χ3v) is 4.58. The lowest BCUT2D eigenvalue weighted by atomic mass is 9.69. The number of hydrogen-bond acceptors (Lipinski definition) is 5. The molecule has 0 aromatic carbocycles. The van der Waals surface area contributed by atoms with E-state index in [-0.39, 0.29) is 0 Å². The normalized spacial score (nSPS) is 36.3. The highest BCUT2D eigenvalue weighted by atomic mass is 35.7. The average molecular weight is 280 g/mol. The number of hydrogen-bond donors (Lipinski definition) is 1. The Hall–Kier alpha value is 0.0900. The molecule has 1 N–H and O–H groups in total. The predicted molar refractivity (Wildman–Crippen MR) is 56.9 cm³/mol. The number of halogens is 1. The molecule has 3 fully saturated rings. The molecule has 2 aliphatic heterocycles. The zero-order chi connectivity index (χ0) is 13.2. The van der Waals surface area contributed by atoms with E-state index in [0.29, 0.717) is 0 Å². The average Bonchev–Trinajstić information content (AvgIpc) is 2.28. The Labute approximate surface area is 110 Å². The molecule has 0 spiro atoms. The molecular weight excluding hydrogens is 258 g/mol. The molecule has 0 radical (unpaired) electrons. The zero-order valence-corrected chi connectivity index (χ0v) is 11.3. The van der Waals surface area contributed by atoms with Crippen LogP contribution in [0.1, 0.15) is 44.9 Å². The van der Waals surface area contributed by atoms with E-state index in [4.69, 9.17) is 18.6 Å². The van der Waals surface area contributed by atoms with Crippen LogP contribution in [-0.2, 0) is 0 Å². The lowest BCUT2D eigenvalue weighted by Gasteiger charge is -2.51. The standard InChI is InChI=1S/C12H21N.ClHO4/c1-4-10-6-2-8-13-9-3-7-11(5-1)12(10)13;2-1(3,4)5/h10-12H,1-9H2;(H,2,3,4,5). The van der Waals surface area contributed by atoms with Crippen molar-refractivity contribution >= 4 is 0 Å². The summed E-state index contributed by atoms with van der Waals surface area (Å²) < 4.78 is 32.7. The molecule has 0 aromatic rings. The van der Waals surface area contributed by atoms with Crippen LogP contribution >= 0.6 is 0 Å². The van der Waals surface area contributed by atoms with Crippen LogP contribution in [0.4, 0.5) is 0 Å². The van der Waals surface area contributed by atoms with E-state index >= 15 is 0 Å². The number of rotatable bonds is 0. The summed E-state index contributed by atoms with van der Waals surface area (Å²) in [6.45, 7) is 2.83. The first kappa shape index (κ1) is 14.5. The van der Waals surface area contributed by atoms with Gasteiger partial charge < -0.3 is 0 Å². The largest absolute Gasteiger partial charge is 0.300 e. The van der Waals surface area contributed by atoms with Gasteiger partial charge in [-0.3, -0.25) is 4.90 Å². The van der Waals surface area contributed by atoms with Crippen LogP contribution in [0.15, 0.2) is 0 Å². The van der Waals surface area contributed by atoms with Gasteiger partial charge in [0.05, 0.1) is 14.9 Å². The van der Waals surface area contributed by atoms with Crippen molar-refractivity contribution in [1.82, 2.24) is 4.90 Å². The Morgan fingerprint density at radius 2 is 1.22 bits per heavy atom. The van der Waals surface area contributed by atoms with E-state index in [1.54, 1.807) is 0 Å². The predicted octanol–water partition coefficient (Wildman–Crippen LogP) is -1.46. The van der Waals surface area contributed by atoms with Crippen molar-refractivity contribution in [3.63, 3.8) is 0 Å². The molecular formula is C12H22ClNO4. The molecule has 0 bridgehead atoms. The van der Waals surface area contributed by atoms with Crippen molar-refractivity contribution in [3.05, 3.63) is 0 Å². The molecule has 1 aliphatic carbocycles. The van der Waals surface area contributed by atoms with Crippen LogP contribution < -0.4 is 14.0 Å². The third kappa shape index (κ3) is 4.05. The van der Waals surface area contributed by atoms with Gasteiger partial charge in [0.25, 0.3) is 0 Å². The number of nitrogens with zero attached hydrogens (tertiary/aromatic N) is 1. The maximum Gasteiger partial charge on any atom is 0.0777 e. The fourth-order valence-corrected chi connectivity index (χ4v) is 4.12. The molecule has 3 aliphatic rings. The van der Waals surface area contributed by atoms with Gasteiger partial charge in [-0.25, -0.2) is 0 Å². The first-order valence-electron chi connectivity index (χ1n) is 6.82. The second-order valence-electron chi connectivity index (χ2n) is 5.66. The van der Waals surface area contributed by atoms with E-state index in [0.717, 1.165) is 17.9 Å². The highest BCUT2D eigenvalue weighted by molar-refractivity contribution is 4.94. The van der Waals surface area contributed by atoms with Gasteiger partial charge in [0.15, 0.2) is 0 Å². The lowest BCUT2D eigenvalue weighted by Crippen LogP contribution is -2.58. The minimum atomic E-state index is -4.69. The smallest absolute Gasteiger partial charge is 0.0777 e. The minimum Gasteiger partial charge on any atom is -0.300 e. The van der Waals surface area contributed by atoms with Gasteiger partial charge in [0.2, 0.25) is 0 Å². The molecule has 2 saturated heterocycles. The summed E-state index contributed by atoms with van der Waals surface area (Å²) in [4.78, 5) is 2.82. The van der Waals surface area contributed by atoms with E-state index in [1.807, 2.05) is 0 Å². The van der Waals surface area contributed by atoms with Crippen LogP contribution in [0.2, 0.25) is 0 Å². The molecule has 5 nitrogen and oxygen atoms in total. The molecule has 18 heavy (non-hydrogen) atoms. The van der Waals surface area contributed by atoms with E-state index in [2.05, 4.69) is 4.90 Å². The van der Waals surface area contributed by atoms with E-state index in [1.165, 1.54) is 58.0 Å². The number of piperidine rings is 2. The maximum atomic E-state index is 8.60. The summed E-state index contributed by atoms with van der Waals surface area (Å²) in [6, 6.07) is 1.02. The molecule has 3 rings (SSSR count). The van der Waals surface area contributed by atoms with Crippen molar-refractivity contribution < 1.29 is 28.9 Å². The molecule has 106 valence electrons. The highest BCUT2D eigenvalue weighted by Crippen LogP contribution is 2.42. The summed E-state index contributed by atoms with van der Waals surface area (Å²) >= 11 is 0. The molecule has 0 amide bonds. The molecule has 6 heteroatoms. The SMILES string of the molecule is C1CC2CCCN3CCCC(C1)C23.[O-][Cl+3]([O-])([O-])O. The van der Waals surface area contributed by atoms with Gasteiger partial charge in [0.1, 0.15) is 0 Å². The lowest BCUT2D eigenvalue weighted by molar-refractivity contribution is -1.92. The summed E-state index contributed by atoms with van der Waals surface area (Å²) in [5.41, 5.74) is 0. The van der Waals surface area contributed by atoms with Gasteiger partial charge in [-0.1, -0.05) is 6.42 Å². The third-order valence-electron chi connectivity index (χ3n) is 4.58. The molecule has 1 saturated carbocycles. The first-order chi connectivity index (χ1) is 8.45. The fourth-order valence-electron chi connectivity index (χ4n) is 4.12. The van der Waals surface area contributed by atoms with Crippen molar-refractivity contribution in [2.24, 2.45) is 11.8 Å². The van der Waals surface area contributed by atoms with Crippen LogP contribution in [0.25, 0.3) is 0 Å². The Bertz CT molecular complexity index is 220. The van der Waals surface area contributed by atoms with Crippen LogP contribution in [0.5, 0.6) is 0 Å². The maximum absolute atomic E-state index is 8.60. The van der Waals surface area contributed by atoms with Crippen LogP contribution in [0.3, 0.4) is 0 Å². The second kappa shape index (κ2) is 6.03. The Morgan fingerprint density at radius 1 is 0.833 bits per heavy atom. The summed E-state index contributed by atoms with van der Waals surface area (Å²) in [6.07, 6.45) is 10.6. The Balaban J connectivity index is 0.000000209. The minimum absolute atomic E-state index is 1.02. The molecule has 2 unspecified atom stereocenters. The van der Waals surface area contributed by atoms with E-state index < -0.39 is 10.2 Å². The molecule has 0 aromatic heterocycles. The van der Waals surface area contributed by atoms with Gasteiger partial charge >= 0.3 is 0 Å². The topological polar surface area (TPSA) is 92.7 Å². The van der Waals surface area contributed by atoms with Gasteiger partial charge in [0, 0.05) is 6.04 Å². The monoisotopic (exact) mass is 279 g/mol. The Morgan fingerprint density at radius 3 is 1.67 bits per heavy atom. The van der Waals surface area contributed by atoms with Gasteiger partial charge in [-0.05, 0) is 63.5 Å². The fraction of sp³-hybridized carbons (Fsp3) is 1.00. The summed E-state index contributed by atoms with van der Waals surface area (Å²) in [7, 11) is -4.69. The second-order valence-corrected chi connectivity index (χ2v) is 6.45. The highest BCUT2D eigenvalue weighted by Gasteiger charge is 2.40. The molecule has 2 atom stereocenters. The first-order valence-corrected chi connectivity index (χ1v) is 8.09. The summed E-state index contributed by atoms with van der Waals surface area (Å²) in [5.74, 6) is 2.18. The van der Waals surface area contributed by atoms with Crippen molar-refractivity contribution in [2.45, 2.75) is 51.0 Å². The Kier molecular flexibility index (Phi) is 4.86. The van der Waals surface area contributed by atoms with Crippen molar-refractivity contribution in [1.29, 1.82) is 0 Å². The van der Waals surface area contributed by atoms with Crippen LogP contribution in [-0.4, -0.2) is 28.7 Å². The quantitative estimate of drug-likeness (QED) is 0.585. The van der Waals surface area contributed by atoms with E-state index in [9.17, 15) is 0 Å². The van der Waals surface area contributed by atoms with Crippen LogP contribution in [0, 0.1) is 22.1 Å². The van der Waals surface area contributed by atoms with Gasteiger partial charge in [-0.15, -0.1) is 0 Å². The summed E-state index contributed by atoms with van der Waals surface area (Å²) in [5, 5.41) is 0. The van der Waals surface area contributed by atoms with Crippen molar-refractivity contribution in [2.75, 3.05) is 13.1 Å².